The van der Waals surface area contributed by atoms with Crippen molar-refractivity contribution in [2.75, 3.05) is 11.1 Å². The van der Waals surface area contributed by atoms with Crippen molar-refractivity contribution >= 4 is 11.8 Å². The summed E-state index contributed by atoms with van der Waals surface area (Å²) < 4.78 is 4.96. The molecular formula is C9H12N6O. The van der Waals surface area contributed by atoms with E-state index < -0.39 is 0 Å². The number of nitrogens with two attached hydrogens (primary N) is 1. The molecule has 16 heavy (non-hydrogen) atoms. The van der Waals surface area contributed by atoms with Gasteiger partial charge in [0.2, 0.25) is 11.8 Å². The number of nitrogen functional groups attached to an aromatic ring is 1. The zero-order chi connectivity index (χ0) is 11.5. The molecule has 3 N–H and O–H groups in total. The minimum atomic E-state index is 0.231. The van der Waals surface area contributed by atoms with Gasteiger partial charge < -0.3 is 15.6 Å². The number of nitrogens with one attached hydrogen (secondary N) is 1. The van der Waals surface area contributed by atoms with Crippen LogP contribution in [0.3, 0.4) is 0 Å². The quantitative estimate of drug-likeness (QED) is 0.783. The van der Waals surface area contributed by atoms with E-state index in [1.807, 2.05) is 6.92 Å². The van der Waals surface area contributed by atoms with Gasteiger partial charge in [0, 0.05) is 11.8 Å². The summed E-state index contributed by atoms with van der Waals surface area (Å²) >= 11 is 0. The monoisotopic (exact) mass is 220 g/mol. The number of rotatable bonds is 3. The van der Waals surface area contributed by atoms with Crippen LogP contribution < -0.4 is 11.1 Å². The maximum absolute atomic E-state index is 5.49. The minimum absolute atomic E-state index is 0.231. The molecule has 0 bridgehead atoms. The molecule has 84 valence electrons. The highest BCUT2D eigenvalue weighted by Crippen LogP contribution is 2.11. The molecule has 0 aliphatic heterocycles. The van der Waals surface area contributed by atoms with Crippen LogP contribution in [0.4, 0.5) is 11.8 Å². The van der Waals surface area contributed by atoms with Crippen molar-refractivity contribution in [3.8, 4) is 0 Å². The fraction of sp³-hybridized carbons (Fsp3) is 0.333. The van der Waals surface area contributed by atoms with E-state index >= 15 is 0 Å². The van der Waals surface area contributed by atoms with Crippen LogP contribution in [0.2, 0.25) is 0 Å². The molecule has 2 heterocycles. The summed E-state index contributed by atoms with van der Waals surface area (Å²) in [7, 11) is 0. The third-order valence-electron chi connectivity index (χ3n) is 1.97. The zero-order valence-electron chi connectivity index (χ0n) is 9.06. The molecule has 0 spiro atoms. The van der Waals surface area contributed by atoms with Gasteiger partial charge in [-0.05, 0) is 13.8 Å². The van der Waals surface area contributed by atoms with Crippen LogP contribution in [0.25, 0.3) is 0 Å². The Balaban J connectivity index is 2.07. The molecular weight excluding hydrogens is 208 g/mol. The number of hydrogen-bond acceptors (Lipinski definition) is 7. The Morgan fingerprint density at radius 2 is 2.19 bits per heavy atom. The predicted molar refractivity (Wildman–Crippen MR) is 57.5 cm³/mol. The van der Waals surface area contributed by atoms with Crippen LogP contribution in [0, 0.1) is 13.8 Å². The van der Waals surface area contributed by atoms with Crippen molar-refractivity contribution in [3.05, 3.63) is 23.5 Å². The van der Waals surface area contributed by atoms with Gasteiger partial charge in [-0.3, -0.25) is 0 Å². The molecule has 0 aliphatic carbocycles. The first-order chi connectivity index (χ1) is 7.65. The van der Waals surface area contributed by atoms with Gasteiger partial charge in [0.1, 0.15) is 5.82 Å². The Bertz CT molecular complexity index is 494. The van der Waals surface area contributed by atoms with Crippen LogP contribution in [0.15, 0.2) is 10.7 Å². The third kappa shape index (κ3) is 2.25. The van der Waals surface area contributed by atoms with Gasteiger partial charge in [-0.15, -0.1) is 0 Å². The lowest BCUT2D eigenvalue weighted by Crippen LogP contribution is -2.06. The molecule has 0 aromatic carbocycles. The van der Waals surface area contributed by atoms with Crippen LogP contribution in [-0.4, -0.2) is 20.1 Å². The predicted octanol–water partition coefficient (Wildman–Crippen LogP) is 0.671. The van der Waals surface area contributed by atoms with Crippen molar-refractivity contribution < 1.29 is 4.52 Å². The van der Waals surface area contributed by atoms with Gasteiger partial charge in [0.25, 0.3) is 0 Å². The van der Waals surface area contributed by atoms with Gasteiger partial charge in [-0.2, -0.15) is 9.97 Å². The van der Waals surface area contributed by atoms with Crippen molar-refractivity contribution in [2.45, 2.75) is 20.4 Å². The van der Waals surface area contributed by atoms with E-state index in [1.54, 1.807) is 13.1 Å². The van der Waals surface area contributed by atoms with E-state index in [1.165, 1.54) is 0 Å². The summed E-state index contributed by atoms with van der Waals surface area (Å²) in [5, 5.41) is 6.74. The summed E-state index contributed by atoms with van der Waals surface area (Å²) in [4.78, 5) is 12.0. The molecule has 0 atom stereocenters. The largest absolute Gasteiger partial charge is 0.368 e. The molecule has 7 nitrogen and oxygen atoms in total. The molecule has 2 aromatic heterocycles. The Hall–Kier alpha value is -2.18. The summed E-state index contributed by atoms with van der Waals surface area (Å²) in [6.07, 6.45) is 1.66. The maximum atomic E-state index is 5.49. The number of anilines is 2. The lowest BCUT2D eigenvalue weighted by atomic mass is 10.3. The molecule has 7 heteroatoms. The Labute approximate surface area is 92.1 Å². The first-order valence-corrected chi connectivity index (χ1v) is 4.77. The lowest BCUT2D eigenvalue weighted by molar-refractivity contribution is 0.379. The second-order valence-electron chi connectivity index (χ2n) is 3.35. The highest BCUT2D eigenvalue weighted by molar-refractivity contribution is 5.44. The molecule has 0 saturated heterocycles. The molecule has 0 radical (unpaired) electrons. The summed E-state index contributed by atoms with van der Waals surface area (Å²) in [5.41, 5.74) is 6.39. The molecule has 0 amide bonds. The maximum Gasteiger partial charge on any atom is 0.245 e. The van der Waals surface area contributed by atoms with E-state index in [2.05, 4.69) is 25.4 Å². The second-order valence-corrected chi connectivity index (χ2v) is 3.35. The Morgan fingerprint density at radius 1 is 1.38 bits per heavy atom. The molecule has 0 fully saturated rings. The van der Waals surface area contributed by atoms with Gasteiger partial charge >= 0.3 is 0 Å². The first-order valence-electron chi connectivity index (χ1n) is 4.77. The summed E-state index contributed by atoms with van der Waals surface area (Å²) in [6.45, 7) is 4.07. The van der Waals surface area contributed by atoms with Gasteiger partial charge in [-0.25, -0.2) is 4.98 Å². The van der Waals surface area contributed by atoms with Crippen LogP contribution in [0.5, 0.6) is 0 Å². The van der Waals surface area contributed by atoms with Crippen molar-refractivity contribution in [1.29, 1.82) is 0 Å². The molecule has 2 rings (SSSR count). The molecule has 0 saturated carbocycles. The fourth-order valence-electron chi connectivity index (χ4n) is 1.21. The zero-order valence-corrected chi connectivity index (χ0v) is 9.06. The minimum Gasteiger partial charge on any atom is -0.368 e. The SMILES string of the molecule is Cc1noc(CNc2nc(N)ncc2C)n1. The Morgan fingerprint density at radius 3 is 2.88 bits per heavy atom. The van der Waals surface area contributed by atoms with E-state index in [0.717, 1.165) is 5.56 Å². The lowest BCUT2D eigenvalue weighted by Gasteiger charge is -2.05. The smallest absolute Gasteiger partial charge is 0.245 e. The van der Waals surface area contributed by atoms with E-state index in [0.29, 0.717) is 24.1 Å². The van der Waals surface area contributed by atoms with Crippen molar-refractivity contribution in [2.24, 2.45) is 0 Å². The topological polar surface area (TPSA) is 103 Å². The van der Waals surface area contributed by atoms with E-state index in [4.69, 9.17) is 10.3 Å². The summed E-state index contributed by atoms with van der Waals surface area (Å²) in [5.74, 6) is 2.02. The number of aromatic nitrogens is 4. The second kappa shape index (κ2) is 4.13. The fourth-order valence-corrected chi connectivity index (χ4v) is 1.21. The highest BCUT2D eigenvalue weighted by atomic mass is 16.5. The average Bonchev–Trinajstić information content (AvgIpc) is 2.66. The Kier molecular flexibility index (Phi) is 2.67. The third-order valence-corrected chi connectivity index (χ3v) is 1.97. The van der Waals surface area contributed by atoms with Crippen molar-refractivity contribution in [3.63, 3.8) is 0 Å². The molecule has 0 aliphatic rings. The van der Waals surface area contributed by atoms with E-state index in [-0.39, 0.29) is 5.95 Å². The van der Waals surface area contributed by atoms with Crippen molar-refractivity contribution in [1.82, 2.24) is 20.1 Å². The summed E-state index contributed by atoms with van der Waals surface area (Å²) in [6, 6.07) is 0. The van der Waals surface area contributed by atoms with Gasteiger partial charge in [0.05, 0.1) is 6.54 Å². The standard InChI is InChI=1S/C9H12N6O/c1-5-3-12-9(10)14-8(5)11-4-7-13-6(2)15-16-7/h3H,4H2,1-2H3,(H3,10,11,12,14). The van der Waals surface area contributed by atoms with E-state index in [9.17, 15) is 0 Å². The van der Waals surface area contributed by atoms with Crippen LogP contribution in [-0.2, 0) is 6.54 Å². The first kappa shape index (κ1) is 10.3. The molecule has 0 unspecified atom stereocenters. The number of hydrogen-bond donors (Lipinski definition) is 2. The van der Waals surface area contributed by atoms with Gasteiger partial charge in [-0.1, -0.05) is 5.16 Å². The van der Waals surface area contributed by atoms with Gasteiger partial charge in [0.15, 0.2) is 5.82 Å². The molecule has 2 aromatic rings. The number of aryl methyl sites for hydroxylation is 2. The highest BCUT2D eigenvalue weighted by Gasteiger charge is 2.05. The normalized spacial score (nSPS) is 10.4. The average molecular weight is 220 g/mol. The number of nitrogens with zero attached hydrogens (tertiary/aromatic N) is 4. The van der Waals surface area contributed by atoms with Crippen LogP contribution >= 0.6 is 0 Å². The van der Waals surface area contributed by atoms with Crippen LogP contribution in [0.1, 0.15) is 17.3 Å².